The van der Waals surface area contributed by atoms with Crippen LogP contribution in [0.5, 0.6) is 0 Å². The minimum atomic E-state index is -0.129. The number of carbonyl (C=O) groups excluding carboxylic acids is 1. The first kappa shape index (κ1) is 22.1. The minimum Gasteiger partial charge on any atom is -0.469 e. The zero-order chi connectivity index (χ0) is 17.5. The quantitative estimate of drug-likeness (QED) is 0.294. The van der Waals surface area contributed by atoms with E-state index >= 15 is 0 Å². The molecule has 1 aliphatic rings. The van der Waals surface area contributed by atoms with Crippen LogP contribution < -0.4 is 5.32 Å². The van der Waals surface area contributed by atoms with Gasteiger partial charge in [-0.3, -0.25) is 9.79 Å². The van der Waals surface area contributed by atoms with Gasteiger partial charge in [-0.05, 0) is 19.3 Å². The Bertz CT molecular complexity index is 579. The summed E-state index contributed by atoms with van der Waals surface area (Å²) < 4.78 is 4.91. The number of aliphatic imine (C=N–C) groups is 1. The molecule has 0 bridgehead atoms. The van der Waals surface area contributed by atoms with Crippen molar-refractivity contribution in [2.75, 3.05) is 33.3 Å². The number of esters is 1. The van der Waals surface area contributed by atoms with Crippen LogP contribution in [0.2, 0.25) is 0 Å². The number of guanidine groups is 1. The summed E-state index contributed by atoms with van der Waals surface area (Å²) in [6, 6.07) is 0. The van der Waals surface area contributed by atoms with Gasteiger partial charge < -0.3 is 15.0 Å². The molecule has 0 aromatic carbocycles. The minimum absolute atomic E-state index is 0. The molecule has 0 amide bonds. The maximum Gasteiger partial charge on any atom is 0.310 e. The largest absolute Gasteiger partial charge is 0.469 e. The van der Waals surface area contributed by atoms with Crippen LogP contribution in [0, 0.1) is 11.8 Å². The zero-order valence-electron chi connectivity index (χ0n) is 15.4. The van der Waals surface area contributed by atoms with Crippen LogP contribution in [0.4, 0.5) is 0 Å². The van der Waals surface area contributed by atoms with Gasteiger partial charge in [0.1, 0.15) is 0 Å². The number of thiazole rings is 1. The van der Waals surface area contributed by atoms with Crippen molar-refractivity contribution in [1.82, 2.24) is 15.2 Å². The van der Waals surface area contributed by atoms with Crippen LogP contribution in [0.1, 0.15) is 31.5 Å². The fraction of sp³-hybridized carbons (Fsp3) is 0.706. The number of likely N-dealkylation sites (tertiary alicyclic amines) is 1. The number of nitrogens with zero attached hydrogens (tertiary/aromatic N) is 3. The molecule has 1 aromatic rings. The van der Waals surface area contributed by atoms with Gasteiger partial charge in [-0.15, -0.1) is 35.3 Å². The fourth-order valence-corrected chi connectivity index (χ4v) is 3.71. The number of aromatic nitrogens is 1. The van der Waals surface area contributed by atoms with Crippen LogP contribution in [-0.2, 0) is 22.4 Å². The Kier molecular flexibility index (Phi) is 9.70. The van der Waals surface area contributed by atoms with E-state index in [0.29, 0.717) is 13.1 Å². The van der Waals surface area contributed by atoms with Gasteiger partial charge in [0.05, 0.1) is 23.7 Å². The molecule has 1 saturated heterocycles. The third-order valence-corrected chi connectivity index (χ3v) is 5.32. The molecule has 1 aromatic heterocycles. The van der Waals surface area contributed by atoms with Crippen molar-refractivity contribution in [2.24, 2.45) is 16.8 Å². The average molecular weight is 480 g/mol. The van der Waals surface area contributed by atoms with Gasteiger partial charge in [-0.25, -0.2) is 4.98 Å². The Morgan fingerprint density at radius 1 is 1.48 bits per heavy atom. The van der Waals surface area contributed by atoms with E-state index < -0.39 is 0 Å². The van der Waals surface area contributed by atoms with Crippen LogP contribution in [-0.4, -0.2) is 55.1 Å². The summed E-state index contributed by atoms with van der Waals surface area (Å²) in [5, 5.41) is 6.62. The molecule has 1 fully saturated rings. The van der Waals surface area contributed by atoms with Crippen molar-refractivity contribution in [1.29, 1.82) is 0 Å². The van der Waals surface area contributed by atoms with Crippen molar-refractivity contribution in [3.63, 3.8) is 0 Å². The van der Waals surface area contributed by atoms with Gasteiger partial charge in [0, 0.05) is 38.0 Å². The summed E-state index contributed by atoms with van der Waals surface area (Å²) in [7, 11) is 1.45. The predicted molar refractivity (Wildman–Crippen MR) is 113 cm³/mol. The number of nitrogens with one attached hydrogen (secondary N) is 1. The van der Waals surface area contributed by atoms with E-state index in [1.54, 1.807) is 11.3 Å². The highest BCUT2D eigenvalue weighted by Gasteiger charge is 2.36. The summed E-state index contributed by atoms with van der Waals surface area (Å²) in [4.78, 5) is 23.3. The number of rotatable bonds is 6. The molecule has 8 heteroatoms. The highest BCUT2D eigenvalue weighted by molar-refractivity contribution is 14.0. The summed E-state index contributed by atoms with van der Waals surface area (Å²) in [6.07, 6.45) is 1.83. The molecule has 6 nitrogen and oxygen atoms in total. The summed E-state index contributed by atoms with van der Waals surface area (Å²) in [5.74, 6) is 0.939. The predicted octanol–water partition coefficient (Wildman–Crippen LogP) is 2.57. The first-order valence-corrected chi connectivity index (χ1v) is 9.51. The Hall–Kier alpha value is -0.900. The first-order chi connectivity index (χ1) is 11.6. The second kappa shape index (κ2) is 10.9. The SMILES string of the molecule is CCNC(=NCCc1csc(CC)n1)N1CC(C)C(C(=O)OC)C1.I. The standard InChI is InChI=1S/C17H28N4O2S.HI/c1-5-15-20-13(11-24-15)7-8-19-17(18-6-2)21-9-12(3)14(10-21)16(22)23-4;/h11-12,14H,5-10H2,1-4H3,(H,18,19);1H. The first-order valence-electron chi connectivity index (χ1n) is 8.63. The van der Waals surface area contributed by atoms with E-state index in [0.717, 1.165) is 37.6 Å². The smallest absolute Gasteiger partial charge is 0.310 e. The number of hydrogen-bond acceptors (Lipinski definition) is 5. The zero-order valence-corrected chi connectivity index (χ0v) is 18.6. The van der Waals surface area contributed by atoms with Gasteiger partial charge in [-0.2, -0.15) is 0 Å². The van der Waals surface area contributed by atoms with Crippen molar-refractivity contribution < 1.29 is 9.53 Å². The van der Waals surface area contributed by atoms with Crippen LogP contribution in [0.3, 0.4) is 0 Å². The summed E-state index contributed by atoms with van der Waals surface area (Å²) in [6.45, 7) is 9.26. The van der Waals surface area contributed by atoms with E-state index in [4.69, 9.17) is 9.73 Å². The third kappa shape index (κ3) is 6.09. The van der Waals surface area contributed by atoms with E-state index in [1.807, 2.05) is 0 Å². The Morgan fingerprint density at radius 2 is 2.24 bits per heavy atom. The maximum atomic E-state index is 11.9. The number of ether oxygens (including phenoxy) is 1. The highest BCUT2D eigenvalue weighted by Crippen LogP contribution is 2.24. The van der Waals surface area contributed by atoms with Gasteiger partial charge in [0.25, 0.3) is 0 Å². The van der Waals surface area contributed by atoms with Gasteiger partial charge in [0.2, 0.25) is 0 Å². The van der Waals surface area contributed by atoms with Crippen LogP contribution in [0.15, 0.2) is 10.4 Å². The normalized spacial score (nSPS) is 20.3. The summed E-state index contributed by atoms with van der Waals surface area (Å²) >= 11 is 1.71. The average Bonchev–Trinajstić information content (AvgIpc) is 3.19. The second-order valence-corrected chi connectivity index (χ2v) is 7.03. The molecular formula is C17H29IN4O2S. The molecule has 0 spiro atoms. The fourth-order valence-electron chi connectivity index (χ4n) is 2.93. The van der Waals surface area contributed by atoms with Gasteiger partial charge >= 0.3 is 5.97 Å². The van der Waals surface area contributed by atoms with Gasteiger partial charge in [-0.1, -0.05) is 13.8 Å². The lowest BCUT2D eigenvalue weighted by Gasteiger charge is -2.21. The Labute approximate surface area is 171 Å². The topological polar surface area (TPSA) is 66.8 Å². The Morgan fingerprint density at radius 3 is 2.84 bits per heavy atom. The van der Waals surface area contributed by atoms with Crippen molar-refractivity contribution >= 4 is 47.2 Å². The molecule has 2 atom stereocenters. The highest BCUT2D eigenvalue weighted by atomic mass is 127. The lowest BCUT2D eigenvalue weighted by atomic mass is 9.99. The van der Waals surface area contributed by atoms with Crippen molar-refractivity contribution in [3.05, 3.63) is 16.1 Å². The molecule has 2 rings (SSSR count). The number of hydrogen-bond donors (Lipinski definition) is 1. The van der Waals surface area contributed by atoms with Crippen LogP contribution >= 0.6 is 35.3 Å². The van der Waals surface area contributed by atoms with Crippen molar-refractivity contribution in [2.45, 2.75) is 33.6 Å². The molecule has 1 N–H and O–H groups in total. The number of methoxy groups -OCH3 is 1. The molecular weight excluding hydrogens is 451 g/mol. The molecule has 2 heterocycles. The molecule has 1 aliphatic heterocycles. The van der Waals surface area contributed by atoms with E-state index in [9.17, 15) is 4.79 Å². The number of aryl methyl sites for hydroxylation is 1. The second-order valence-electron chi connectivity index (χ2n) is 6.08. The molecule has 0 saturated carbocycles. The number of halogens is 1. The molecule has 2 unspecified atom stereocenters. The molecule has 142 valence electrons. The lowest BCUT2D eigenvalue weighted by molar-refractivity contribution is -0.145. The third-order valence-electron chi connectivity index (χ3n) is 4.28. The Balaban J connectivity index is 0.00000312. The molecule has 25 heavy (non-hydrogen) atoms. The van der Waals surface area contributed by atoms with E-state index in [-0.39, 0.29) is 41.8 Å². The lowest BCUT2D eigenvalue weighted by Crippen LogP contribution is -2.40. The number of carbonyl (C=O) groups is 1. The van der Waals surface area contributed by atoms with Crippen LogP contribution in [0.25, 0.3) is 0 Å². The van der Waals surface area contributed by atoms with Gasteiger partial charge in [0.15, 0.2) is 5.96 Å². The van der Waals surface area contributed by atoms with E-state index in [1.165, 1.54) is 12.1 Å². The summed E-state index contributed by atoms with van der Waals surface area (Å²) in [5.41, 5.74) is 1.11. The van der Waals surface area contributed by atoms with Crippen molar-refractivity contribution in [3.8, 4) is 0 Å². The van der Waals surface area contributed by atoms with E-state index in [2.05, 4.69) is 41.4 Å². The maximum absolute atomic E-state index is 11.9. The molecule has 0 aliphatic carbocycles. The monoisotopic (exact) mass is 480 g/mol. The molecule has 0 radical (unpaired) electrons.